The molecular formula is C30H35Cl2N3O5S. The van der Waals surface area contributed by atoms with Gasteiger partial charge < -0.3 is 15.0 Å². The molecule has 0 aromatic heterocycles. The Morgan fingerprint density at radius 1 is 0.927 bits per heavy atom. The lowest BCUT2D eigenvalue weighted by Gasteiger charge is -2.32. The number of anilines is 1. The molecule has 0 saturated heterocycles. The van der Waals surface area contributed by atoms with Crippen molar-refractivity contribution in [2.45, 2.75) is 58.1 Å². The van der Waals surface area contributed by atoms with Gasteiger partial charge in [0.05, 0.1) is 17.2 Å². The Bertz CT molecular complexity index is 1440. The Balaban J connectivity index is 2.07. The van der Waals surface area contributed by atoms with Gasteiger partial charge >= 0.3 is 0 Å². The van der Waals surface area contributed by atoms with Crippen LogP contribution in [0.15, 0.2) is 71.6 Å². The number of amides is 2. The molecule has 3 aromatic carbocycles. The SMILES string of the molecule is CCOc1ccc(N(CC(=O)N(Cc2c(Cl)cccc2Cl)[C@@H](C)C(=O)NC(C)C)S(=O)(=O)c2ccc(C)cc2)cc1. The third-order valence-electron chi connectivity index (χ3n) is 6.31. The van der Waals surface area contributed by atoms with Gasteiger partial charge in [0, 0.05) is 28.2 Å². The molecule has 0 fully saturated rings. The van der Waals surface area contributed by atoms with Crippen LogP contribution < -0.4 is 14.4 Å². The Kier molecular flexibility index (Phi) is 11.1. The highest BCUT2D eigenvalue weighted by atomic mass is 35.5. The summed E-state index contributed by atoms with van der Waals surface area (Å²) in [5.74, 6) is -0.452. The average Bonchev–Trinajstić information content (AvgIpc) is 2.91. The number of carbonyl (C=O) groups excluding carboxylic acids is 2. The first-order valence-electron chi connectivity index (χ1n) is 13.2. The molecule has 0 aliphatic heterocycles. The molecule has 8 nitrogen and oxygen atoms in total. The van der Waals surface area contributed by atoms with Gasteiger partial charge in [-0.2, -0.15) is 0 Å². The lowest BCUT2D eigenvalue weighted by molar-refractivity contribution is -0.139. The van der Waals surface area contributed by atoms with E-state index in [1.807, 2.05) is 27.7 Å². The zero-order valence-electron chi connectivity index (χ0n) is 23.7. The van der Waals surface area contributed by atoms with Gasteiger partial charge in [0.2, 0.25) is 11.8 Å². The van der Waals surface area contributed by atoms with Gasteiger partial charge in [-0.25, -0.2) is 8.42 Å². The van der Waals surface area contributed by atoms with E-state index in [1.165, 1.54) is 17.0 Å². The fraction of sp³-hybridized carbons (Fsp3) is 0.333. The maximum Gasteiger partial charge on any atom is 0.264 e. The second kappa shape index (κ2) is 14.1. The van der Waals surface area contributed by atoms with E-state index in [0.29, 0.717) is 28.0 Å². The molecule has 1 N–H and O–H groups in total. The average molecular weight is 621 g/mol. The van der Waals surface area contributed by atoms with Crippen molar-refractivity contribution in [1.82, 2.24) is 10.2 Å². The van der Waals surface area contributed by atoms with Crippen molar-refractivity contribution in [1.29, 1.82) is 0 Å². The van der Waals surface area contributed by atoms with E-state index in [1.54, 1.807) is 61.5 Å². The van der Waals surface area contributed by atoms with E-state index in [4.69, 9.17) is 27.9 Å². The van der Waals surface area contributed by atoms with E-state index in [9.17, 15) is 18.0 Å². The fourth-order valence-corrected chi connectivity index (χ4v) is 6.01. The summed E-state index contributed by atoms with van der Waals surface area (Å²) < 4.78 is 34.4. The van der Waals surface area contributed by atoms with Crippen molar-refractivity contribution >= 4 is 50.7 Å². The number of ether oxygens (including phenoxy) is 1. The number of benzene rings is 3. The van der Waals surface area contributed by atoms with E-state index in [-0.39, 0.29) is 23.2 Å². The minimum absolute atomic E-state index is 0.0242. The highest BCUT2D eigenvalue weighted by Crippen LogP contribution is 2.29. The van der Waals surface area contributed by atoms with Crippen molar-refractivity contribution in [3.8, 4) is 5.75 Å². The van der Waals surface area contributed by atoms with E-state index in [0.717, 1.165) is 9.87 Å². The van der Waals surface area contributed by atoms with Crippen molar-refractivity contribution in [3.05, 3.63) is 87.9 Å². The number of nitrogens with zero attached hydrogens (tertiary/aromatic N) is 2. The van der Waals surface area contributed by atoms with Gasteiger partial charge in [0.1, 0.15) is 18.3 Å². The number of sulfonamides is 1. The number of aryl methyl sites for hydroxylation is 1. The maximum absolute atomic E-state index is 14.0. The van der Waals surface area contributed by atoms with Gasteiger partial charge in [0.15, 0.2) is 0 Å². The number of hydrogen-bond donors (Lipinski definition) is 1. The molecule has 0 aliphatic rings. The van der Waals surface area contributed by atoms with E-state index in [2.05, 4.69) is 5.32 Å². The molecule has 0 unspecified atom stereocenters. The van der Waals surface area contributed by atoms with Crippen molar-refractivity contribution in [2.24, 2.45) is 0 Å². The van der Waals surface area contributed by atoms with Crippen LogP contribution in [0.2, 0.25) is 10.0 Å². The summed E-state index contributed by atoms with van der Waals surface area (Å²) in [7, 11) is -4.19. The van der Waals surface area contributed by atoms with Gasteiger partial charge in [-0.1, -0.05) is 47.0 Å². The Labute approximate surface area is 252 Å². The van der Waals surface area contributed by atoms with Crippen LogP contribution in [0.3, 0.4) is 0 Å². The molecule has 1 atom stereocenters. The predicted molar refractivity (Wildman–Crippen MR) is 163 cm³/mol. The lowest BCUT2D eigenvalue weighted by Crippen LogP contribution is -2.52. The smallest absolute Gasteiger partial charge is 0.264 e. The van der Waals surface area contributed by atoms with Crippen molar-refractivity contribution in [3.63, 3.8) is 0 Å². The molecule has 0 heterocycles. The molecular weight excluding hydrogens is 585 g/mol. The van der Waals surface area contributed by atoms with Crippen molar-refractivity contribution in [2.75, 3.05) is 17.5 Å². The summed E-state index contributed by atoms with van der Waals surface area (Å²) in [6.45, 7) is 8.65. The molecule has 3 rings (SSSR count). The number of halogens is 2. The van der Waals surface area contributed by atoms with Crippen LogP contribution in [0.4, 0.5) is 5.69 Å². The van der Waals surface area contributed by atoms with Gasteiger partial charge in [-0.15, -0.1) is 0 Å². The van der Waals surface area contributed by atoms with Crippen LogP contribution in [0.1, 0.15) is 38.8 Å². The first-order valence-corrected chi connectivity index (χ1v) is 15.4. The maximum atomic E-state index is 14.0. The normalized spacial score (nSPS) is 12.1. The first-order chi connectivity index (χ1) is 19.3. The lowest BCUT2D eigenvalue weighted by atomic mass is 10.1. The number of nitrogens with one attached hydrogen (secondary N) is 1. The minimum Gasteiger partial charge on any atom is -0.494 e. The topological polar surface area (TPSA) is 96.0 Å². The third kappa shape index (κ3) is 8.15. The number of rotatable bonds is 12. The fourth-order valence-electron chi connectivity index (χ4n) is 4.08. The van der Waals surface area contributed by atoms with E-state index < -0.39 is 34.4 Å². The quantitative estimate of drug-likeness (QED) is 0.275. The molecule has 0 saturated carbocycles. The zero-order chi connectivity index (χ0) is 30.3. The molecule has 0 bridgehead atoms. The van der Waals surface area contributed by atoms with Gasteiger partial charge in [0.25, 0.3) is 10.0 Å². The molecule has 220 valence electrons. The van der Waals surface area contributed by atoms with Crippen LogP contribution in [0.25, 0.3) is 0 Å². The standard InChI is InChI=1S/C30H35Cl2N3O5S/c1-6-40-24-14-12-23(13-15-24)35(41(38,39)25-16-10-21(4)11-17-25)19-29(36)34(22(5)30(37)33-20(2)3)18-26-27(31)8-7-9-28(26)32/h7-17,20,22H,6,18-19H2,1-5H3,(H,33,37)/t22-/m0/s1. The highest BCUT2D eigenvalue weighted by Gasteiger charge is 2.33. The summed E-state index contributed by atoms with van der Waals surface area (Å²) >= 11 is 12.8. The minimum atomic E-state index is -4.19. The molecule has 41 heavy (non-hydrogen) atoms. The van der Waals surface area contributed by atoms with Crippen molar-refractivity contribution < 1.29 is 22.7 Å². The molecule has 0 aliphatic carbocycles. The summed E-state index contributed by atoms with van der Waals surface area (Å²) in [4.78, 5) is 28.4. The molecule has 0 spiro atoms. The predicted octanol–water partition coefficient (Wildman–Crippen LogP) is 5.84. The summed E-state index contributed by atoms with van der Waals surface area (Å²) in [5.41, 5.74) is 1.60. The first kappa shape index (κ1) is 32.2. The second-order valence-electron chi connectivity index (χ2n) is 9.81. The second-order valence-corrected chi connectivity index (χ2v) is 12.5. The summed E-state index contributed by atoms with van der Waals surface area (Å²) in [6, 6.07) is 16.6. The van der Waals surface area contributed by atoms with Crippen LogP contribution in [0.5, 0.6) is 5.75 Å². The Morgan fingerprint density at radius 3 is 2.05 bits per heavy atom. The highest BCUT2D eigenvalue weighted by molar-refractivity contribution is 7.92. The van der Waals surface area contributed by atoms with Crippen LogP contribution in [-0.2, 0) is 26.2 Å². The van der Waals surface area contributed by atoms with Gasteiger partial charge in [-0.3, -0.25) is 13.9 Å². The Morgan fingerprint density at radius 2 is 1.51 bits per heavy atom. The third-order valence-corrected chi connectivity index (χ3v) is 8.81. The largest absolute Gasteiger partial charge is 0.494 e. The van der Waals surface area contributed by atoms with Crippen LogP contribution in [0, 0.1) is 6.92 Å². The number of carbonyl (C=O) groups is 2. The summed E-state index contributed by atoms with van der Waals surface area (Å²) in [5, 5.41) is 3.46. The molecule has 0 radical (unpaired) electrons. The Hall–Kier alpha value is -3.27. The van der Waals surface area contributed by atoms with E-state index >= 15 is 0 Å². The van der Waals surface area contributed by atoms with Gasteiger partial charge in [-0.05, 0) is 83.1 Å². The number of hydrogen-bond acceptors (Lipinski definition) is 5. The molecule has 2 amide bonds. The molecule has 11 heteroatoms. The zero-order valence-corrected chi connectivity index (χ0v) is 26.1. The summed E-state index contributed by atoms with van der Waals surface area (Å²) in [6.07, 6.45) is 0. The monoisotopic (exact) mass is 619 g/mol. The molecule has 3 aromatic rings. The van der Waals surface area contributed by atoms with Crippen LogP contribution >= 0.6 is 23.2 Å². The van der Waals surface area contributed by atoms with Crippen LogP contribution in [-0.4, -0.2) is 50.4 Å².